The smallest absolute Gasteiger partial charge is 0.243 e. The predicted octanol–water partition coefficient (Wildman–Crippen LogP) is 3.01. The molecule has 170 valence electrons. The Labute approximate surface area is 189 Å². The van der Waals surface area contributed by atoms with E-state index in [1.165, 1.54) is 11.2 Å². The number of fused-ring (bicyclic) bond motifs is 1. The largest absolute Gasteiger partial charge is 0.348 e. The van der Waals surface area contributed by atoms with Crippen molar-refractivity contribution < 1.29 is 18.0 Å². The van der Waals surface area contributed by atoms with E-state index in [2.05, 4.69) is 5.32 Å². The number of benzene rings is 2. The molecule has 2 aromatic rings. The number of amides is 2. The molecule has 8 heteroatoms. The van der Waals surface area contributed by atoms with Crippen molar-refractivity contribution >= 4 is 27.5 Å². The zero-order valence-corrected chi connectivity index (χ0v) is 19.4. The normalized spacial score (nSPS) is 21.9. The first-order chi connectivity index (χ1) is 15.2. The van der Waals surface area contributed by atoms with Crippen molar-refractivity contribution in [1.29, 1.82) is 0 Å². The lowest BCUT2D eigenvalue weighted by Gasteiger charge is -2.25. The SMILES string of the molecule is CC(=O)N1c2ccc(S(=O)(=O)N3CCC[C@@H]3C(=O)N[C@@H](C)c3ccccc3)cc2C[C@H]1C. The maximum Gasteiger partial charge on any atom is 0.243 e. The number of sulfonamides is 1. The Kier molecular flexibility index (Phi) is 6.09. The summed E-state index contributed by atoms with van der Waals surface area (Å²) in [7, 11) is -3.84. The van der Waals surface area contributed by atoms with Crippen LogP contribution < -0.4 is 10.2 Å². The standard InChI is InChI=1S/C24H29N3O4S/c1-16-14-20-15-21(11-12-22(20)27(16)18(3)28)32(30,31)26-13-7-10-23(26)24(29)25-17(2)19-8-5-4-6-9-19/h4-6,8-9,11-12,15-17,23H,7,10,13-14H2,1-3H3,(H,25,29)/t16-,17+,23-/m1/s1. The fraction of sp³-hybridized carbons (Fsp3) is 0.417. The minimum Gasteiger partial charge on any atom is -0.348 e. The molecule has 0 aromatic heterocycles. The van der Waals surface area contributed by atoms with Crippen LogP contribution in [0, 0.1) is 0 Å². The van der Waals surface area contributed by atoms with Crippen molar-refractivity contribution in [2.45, 2.75) is 63.1 Å². The Hall–Kier alpha value is -2.71. The third kappa shape index (κ3) is 4.04. The molecule has 1 fully saturated rings. The molecule has 1 N–H and O–H groups in total. The third-order valence-corrected chi connectivity index (χ3v) is 8.28. The van der Waals surface area contributed by atoms with Crippen molar-refractivity contribution in [3.63, 3.8) is 0 Å². The van der Waals surface area contributed by atoms with Crippen LogP contribution in [-0.4, -0.2) is 43.2 Å². The van der Waals surface area contributed by atoms with E-state index in [0.717, 1.165) is 16.8 Å². The molecule has 0 saturated carbocycles. The van der Waals surface area contributed by atoms with Gasteiger partial charge in [-0.3, -0.25) is 9.59 Å². The molecule has 2 aliphatic heterocycles. The van der Waals surface area contributed by atoms with Gasteiger partial charge in [-0.05, 0) is 62.4 Å². The second kappa shape index (κ2) is 8.67. The highest BCUT2D eigenvalue weighted by atomic mass is 32.2. The summed E-state index contributed by atoms with van der Waals surface area (Å²) in [4.78, 5) is 26.8. The summed E-state index contributed by atoms with van der Waals surface area (Å²) < 4.78 is 28.3. The van der Waals surface area contributed by atoms with Gasteiger partial charge in [-0.2, -0.15) is 4.31 Å². The van der Waals surface area contributed by atoms with Crippen molar-refractivity contribution in [3.8, 4) is 0 Å². The molecule has 0 radical (unpaired) electrons. The fourth-order valence-corrected chi connectivity index (χ4v) is 6.52. The first kappa shape index (κ1) is 22.5. The molecule has 3 atom stereocenters. The van der Waals surface area contributed by atoms with Crippen molar-refractivity contribution in [2.75, 3.05) is 11.4 Å². The molecular weight excluding hydrogens is 426 g/mol. The van der Waals surface area contributed by atoms with E-state index in [9.17, 15) is 18.0 Å². The van der Waals surface area contributed by atoms with Crippen LogP contribution in [-0.2, 0) is 26.0 Å². The van der Waals surface area contributed by atoms with Crippen LogP contribution >= 0.6 is 0 Å². The Morgan fingerprint density at radius 1 is 1.12 bits per heavy atom. The van der Waals surface area contributed by atoms with Gasteiger partial charge in [-0.25, -0.2) is 8.42 Å². The Balaban J connectivity index is 1.55. The molecule has 7 nitrogen and oxygen atoms in total. The van der Waals surface area contributed by atoms with Gasteiger partial charge in [0.1, 0.15) is 6.04 Å². The number of carbonyl (C=O) groups excluding carboxylic acids is 2. The monoisotopic (exact) mass is 455 g/mol. The summed E-state index contributed by atoms with van der Waals surface area (Å²) in [6.07, 6.45) is 1.74. The number of nitrogens with one attached hydrogen (secondary N) is 1. The molecule has 2 aromatic carbocycles. The van der Waals surface area contributed by atoms with Crippen LogP contribution in [0.25, 0.3) is 0 Å². The highest BCUT2D eigenvalue weighted by Crippen LogP contribution is 2.35. The Bertz CT molecular complexity index is 1130. The van der Waals surface area contributed by atoms with E-state index in [1.807, 2.05) is 44.2 Å². The average molecular weight is 456 g/mol. The maximum absolute atomic E-state index is 13.5. The fourth-order valence-electron chi connectivity index (χ4n) is 4.81. The molecule has 1 saturated heterocycles. The molecule has 32 heavy (non-hydrogen) atoms. The van der Waals surface area contributed by atoms with Gasteiger partial charge >= 0.3 is 0 Å². The highest BCUT2D eigenvalue weighted by molar-refractivity contribution is 7.89. The minimum absolute atomic E-state index is 0.00904. The Morgan fingerprint density at radius 2 is 1.84 bits per heavy atom. The minimum atomic E-state index is -3.84. The molecular formula is C24H29N3O4S. The van der Waals surface area contributed by atoms with Crippen molar-refractivity contribution in [1.82, 2.24) is 9.62 Å². The van der Waals surface area contributed by atoms with Gasteiger partial charge in [0, 0.05) is 25.2 Å². The second-order valence-electron chi connectivity index (χ2n) is 8.65. The van der Waals surface area contributed by atoms with E-state index in [4.69, 9.17) is 0 Å². The molecule has 2 heterocycles. The molecule has 2 aliphatic rings. The van der Waals surface area contributed by atoms with Gasteiger partial charge < -0.3 is 10.2 Å². The highest BCUT2D eigenvalue weighted by Gasteiger charge is 2.40. The van der Waals surface area contributed by atoms with Crippen LogP contribution in [0.1, 0.15) is 50.8 Å². The van der Waals surface area contributed by atoms with E-state index in [-0.39, 0.29) is 28.8 Å². The van der Waals surface area contributed by atoms with Crippen molar-refractivity contribution in [3.05, 3.63) is 59.7 Å². The lowest BCUT2D eigenvalue weighted by atomic mass is 10.1. The van der Waals surface area contributed by atoms with Crippen LogP contribution in [0.15, 0.2) is 53.4 Å². The van der Waals surface area contributed by atoms with Gasteiger partial charge in [0.25, 0.3) is 0 Å². The number of hydrogen-bond acceptors (Lipinski definition) is 4. The van der Waals surface area contributed by atoms with E-state index < -0.39 is 16.1 Å². The molecule has 0 unspecified atom stereocenters. The first-order valence-electron chi connectivity index (χ1n) is 11.0. The number of nitrogens with zero attached hydrogens (tertiary/aromatic N) is 2. The molecule has 4 rings (SSSR count). The van der Waals surface area contributed by atoms with Crippen LogP contribution in [0.4, 0.5) is 5.69 Å². The van der Waals surface area contributed by atoms with Gasteiger partial charge in [-0.1, -0.05) is 30.3 Å². The summed E-state index contributed by atoms with van der Waals surface area (Å²) in [5.74, 6) is -0.337. The molecule has 0 bridgehead atoms. The maximum atomic E-state index is 13.5. The van der Waals surface area contributed by atoms with Crippen LogP contribution in [0.5, 0.6) is 0 Å². The molecule has 2 amide bonds. The number of hydrogen-bond donors (Lipinski definition) is 1. The van der Waals surface area contributed by atoms with Gasteiger partial charge in [0.2, 0.25) is 21.8 Å². The molecule has 0 aliphatic carbocycles. The van der Waals surface area contributed by atoms with Crippen LogP contribution in [0.3, 0.4) is 0 Å². The summed E-state index contributed by atoms with van der Waals surface area (Å²) in [6.45, 7) is 5.67. The lowest BCUT2D eigenvalue weighted by molar-refractivity contribution is -0.124. The van der Waals surface area contributed by atoms with Gasteiger partial charge in [-0.15, -0.1) is 0 Å². The number of rotatable bonds is 5. The Morgan fingerprint density at radius 3 is 2.53 bits per heavy atom. The second-order valence-corrected chi connectivity index (χ2v) is 10.5. The van der Waals surface area contributed by atoms with Gasteiger partial charge in [0.05, 0.1) is 10.9 Å². The first-order valence-corrected chi connectivity index (χ1v) is 12.4. The zero-order chi connectivity index (χ0) is 23.0. The van der Waals surface area contributed by atoms with Crippen LogP contribution in [0.2, 0.25) is 0 Å². The van der Waals surface area contributed by atoms with E-state index >= 15 is 0 Å². The van der Waals surface area contributed by atoms with E-state index in [1.54, 1.807) is 23.1 Å². The number of anilines is 1. The summed E-state index contributed by atoms with van der Waals surface area (Å²) in [5.41, 5.74) is 2.57. The number of carbonyl (C=O) groups is 2. The predicted molar refractivity (Wildman–Crippen MR) is 123 cm³/mol. The summed E-state index contributed by atoms with van der Waals surface area (Å²) in [6, 6.07) is 13.6. The van der Waals surface area contributed by atoms with Gasteiger partial charge in [0.15, 0.2) is 0 Å². The third-order valence-electron chi connectivity index (χ3n) is 6.38. The van der Waals surface area contributed by atoms with Crippen molar-refractivity contribution in [2.24, 2.45) is 0 Å². The molecule has 0 spiro atoms. The topological polar surface area (TPSA) is 86.8 Å². The average Bonchev–Trinajstić information content (AvgIpc) is 3.38. The summed E-state index contributed by atoms with van der Waals surface area (Å²) in [5, 5.41) is 2.97. The van der Waals surface area contributed by atoms with E-state index in [0.29, 0.717) is 25.8 Å². The quantitative estimate of drug-likeness (QED) is 0.751. The summed E-state index contributed by atoms with van der Waals surface area (Å²) >= 11 is 0. The zero-order valence-electron chi connectivity index (χ0n) is 18.6. The lowest BCUT2D eigenvalue weighted by Crippen LogP contribution is -2.46.